The van der Waals surface area contributed by atoms with E-state index in [0.717, 1.165) is 12.8 Å². The Balaban J connectivity index is 2.20. The Labute approximate surface area is 95.6 Å². The Hall–Kier alpha value is -1.10. The minimum Gasteiger partial charge on any atom is -0.481 e. The van der Waals surface area contributed by atoms with Crippen LogP contribution in [0.2, 0.25) is 0 Å². The number of hydrogen-bond acceptors (Lipinski definition) is 3. The SMILES string of the molecule is CC(C)(CCC(=O)O)NC(=O)CNC1CC1. The molecule has 3 N–H and O–H groups in total. The van der Waals surface area contributed by atoms with Crippen LogP contribution in [0.4, 0.5) is 0 Å². The second kappa shape index (κ2) is 5.30. The van der Waals surface area contributed by atoms with Gasteiger partial charge in [0, 0.05) is 18.0 Å². The zero-order valence-electron chi connectivity index (χ0n) is 9.88. The number of carboxylic acids is 1. The Morgan fingerprint density at radius 2 is 2.00 bits per heavy atom. The predicted octanol–water partition coefficient (Wildman–Crippen LogP) is 0.498. The summed E-state index contributed by atoms with van der Waals surface area (Å²) >= 11 is 0. The lowest BCUT2D eigenvalue weighted by Gasteiger charge is -2.25. The first-order chi connectivity index (χ1) is 7.39. The Kier molecular flexibility index (Phi) is 4.29. The van der Waals surface area contributed by atoms with Crippen LogP contribution in [0, 0.1) is 0 Å². The van der Waals surface area contributed by atoms with Crippen molar-refractivity contribution in [3.05, 3.63) is 0 Å². The van der Waals surface area contributed by atoms with E-state index in [0.29, 0.717) is 19.0 Å². The first-order valence-corrected chi connectivity index (χ1v) is 5.65. The second-order valence-corrected chi connectivity index (χ2v) is 4.98. The van der Waals surface area contributed by atoms with Gasteiger partial charge < -0.3 is 15.7 Å². The summed E-state index contributed by atoms with van der Waals surface area (Å²) in [6, 6.07) is 0.507. The van der Waals surface area contributed by atoms with Crippen molar-refractivity contribution in [1.82, 2.24) is 10.6 Å². The largest absolute Gasteiger partial charge is 0.481 e. The van der Waals surface area contributed by atoms with Crippen molar-refractivity contribution in [3.63, 3.8) is 0 Å². The number of hydrogen-bond donors (Lipinski definition) is 3. The molecule has 0 aliphatic heterocycles. The zero-order chi connectivity index (χ0) is 12.2. The van der Waals surface area contributed by atoms with E-state index in [1.807, 2.05) is 13.8 Å². The lowest BCUT2D eigenvalue weighted by molar-refractivity contribution is -0.137. The maximum absolute atomic E-state index is 11.5. The fourth-order valence-corrected chi connectivity index (χ4v) is 1.43. The minimum atomic E-state index is -0.835. The first kappa shape index (κ1) is 13.0. The van der Waals surface area contributed by atoms with Gasteiger partial charge in [0.15, 0.2) is 0 Å². The first-order valence-electron chi connectivity index (χ1n) is 5.65. The summed E-state index contributed by atoms with van der Waals surface area (Å²) in [5.41, 5.74) is -0.458. The molecular formula is C11H20N2O3. The molecule has 92 valence electrons. The molecule has 0 heterocycles. The Morgan fingerprint density at radius 3 is 2.50 bits per heavy atom. The molecule has 1 fully saturated rings. The molecule has 0 aromatic heterocycles. The summed E-state index contributed by atoms with van der Waals surface area (Å²) in [5.74, 6) is -0.902. The van der Waals surface area contributed by atoms with E-state index in [2.05, 4.69) is 10.6 Å². The Bertz CT molecular complexity index is 272. The highest BCUT2D eigenvalue weighted by Crippen LogP contribution is 2.18. The van der Waals surface area contributed by atoms with Crippen molar-refractivity contribution < 1.29 is 14.7 Å². The summed E-state index contributed by atoms with van der Waals surface area (Å²) in [6.45, 7) is 4.00. The van der Waals surface area contributed by atoms with E-state index in [-0.39, 0.29) is 12.3 Å². The number of aliphatic carboxylic acids is 1. The van der Waals surface area contributed by atoms with Crippen LogP contribution in [0.3, 0.4) is 0 Å². The summed E-state index contributed by atoms with van der Waals surface area (Å²) in [7, 11) is 0. The quantitative estimate of drug-likeness (QED) is 0.593. The third-order valence-electron chi connectivity index (χ3n) is 2.57. The van der Waals surface area contributed by atoms with Gasteiger partial charge in [-0.1, -0.05) is 0 Å². The zero-order valence-corrected chi connectivity index (χ0v) is 9.88. The number of nitrogens with one attached hydrogen (secondary N) is 2. The average Bonchev–Trinajstić information content (AvgIpc) is 2.94. The third kappa shape index (κ3) is 5.70. The van der Waals surface area contributed by atoms with E-state index < -0.39 is 11.5 Å². The Morgan fingerprint density at radius 1 is 1.38 bits per heavy atom. The monoisotopic (exact) mass is 228 g/mol. The highest BCUT2D eigenvalue weighted by molar-refractivity contribution is 5.79. The van der Waals surface area contributed by atoms with Gasteiger partial charge in [-0.15, -0.1) is 0 Å². The molecule has 0 radical (unpaired) electrons. The number of carboxylic acid groups (broad SMARTS) is 1. The molecule has 1 aliphatic rings. The van der Waals surface area contributed by atoms with Crippen molar-refractivity contribution in [3.8, 4) is 0 Å². The minimum absolute atomic E-state index is 0.0673. The molecule has 0 aromatic rings. The molecule has 0 bridgehead atoms. The van der Waals surface area contributed by atoms with E-state index in [1.54, 1.807) is 0 Å². The van der Waals surface area contributed by atoms with Gasteiger partial charge >= 0.3 is 5.97 Å². The maximum Gasteiger partial charge on any atom is 0.303 e. The normalized spacial score (nSPS) is 15.9. The molecule has 5 heteroatoms. The smallest absolute Gasteiger partial charge is 0.303 e. The van der Waals surface area contributed by atoms with Crippen molar-refractivity contribution in [2.45, 2.75) is 51.1 Å². The topological polar surface area (TPSA) is 78.4 Å². The van der Waals surface area contributed by atoms with Crippen molar-refractivity contribution in [2.75, 3.05) is 6.54 Å². The molecular weight excluding hydrogens is 208 g/mol. The second-order valence-electron chi connectivity index (χ2n) is 4.98. The molecule has 1 rings (SSSR count). The van der Waals surface area contributed by atoms with Crippen LogP contribution in [0.5, 0.6) is 0 Å². The van der Waals surface area contributed by atoms with Crippen LogP contribution in [0.15, 0.2) is 0 Å². The standard InChI is InChI=1S/C11H20N2O3/c1-11(2,6-5-10(15)16)13-9(14)7-12-8-3-4-8/h8,12H,3-7H2,1-2H3,(H,13,14)(H,15,16). The predicted molar refractivity (Wildman–Crippen MR) is 60.1 cm³/mol. The molecule has 1 amide bonds. The van der Waals surface area contributed by atoms with E-state index in [1.165, 1.54) is 0 Å². The summed E-state index contributed by atoms with van der Waals surface area (Å²) in [5, 5.41) is 14.5. The number of rotatable bonds is 7. The van der Waals surface area contributed by atoms with Gasteiger partial charge in [0.25, 0.3) is 0 Å². The molecule has 1 saturated carbocycles. The number of carbonyl (C=O) groups is 2. The highest BCUT2D eigenvalue weighted by Gasteiger charge is 2.24. The molecule has 0 spiro atoms. The van der Waals surface area contributed by atoms with Crippen LogP contribution in [-0.4, -0.2) is 35.1 Å². The van der Waals surface area contributed by atoms with Crippen LogP contribution in [-0.2, 0) is 9.59 Å². The van der Waals surface area contributed by atoms with Crippen LogP contribution in [0.25, 0.3) is 0 Å². The highest BCUT2D eigenvalue weighted by atomic mass is 16.4. The van der Waals surface area contributed by atoms with E-state index in [4.69, 9.17) is 5.11 Å². The molecule has 0 unspecified atom stereocenters. The van der Waals surface area contributed by atoms with Crippen LogP contribution in [0.1, 0.15) is 39.5 Å². The lowest BCUT2D eigenvalue weighted by Crippen LogP contribution is -2.47. The number of carbonyl (C=O) groups excluding carboxylic acids is 1. The third-order valence-corrected chi connectivity index (χ3v) is 2.57. The van der Waals surface area contributed by atoms with Crippen LogP contribution < -0.4 is 10.6 Å². The average molecular weight is 228 g/mol. The summed E-state index contributed by atoms with van der Waals surface area (Å²) < 4.78 is 0. The molecule has 0 saturated heterocycles. The number of amides is 1. The van der Waals surface area contributed by atoms with Gasteiger partial charge in [-0.05, 0) is 33.1 Å². The van der Waals surface area contributed by atoms with E-state index in [9.17, 15) is 9.59 Å². The van der Waals surface area contributed by atoms with Crippen molar-refractivity contribution in [2.24, 2.45) is 0 Å². The van der Waals surface area contributed by atoms with E-state index >= 15 is 0 Å². The molecule has 0 aromatic carbocycles. The van der Waals surface area contributed by atoms with Gasteiger partial charge in [0.1, 0.15) is 0 Å². The lowest BCUT2D eigenvalue weighted by atomic mass is 9.98. The van der Waals surface area contributed by atoms with Crippen molar-refractivity contribution >= 4 is 11.9 Å². The molecule has 5 nitrogen and oxygen atoms in total. The fraction of sp³-hybridized carbons (Fsp3) is 0.818. The summed E-state index contributed by atoms with van der Waals surface area (Å²) in [4.78, 5) is 21.9. The maximum atomic E-state index is 11.5. The van der Waals surface area contributed by atoms with Gasteiger partial charge in [-0.25, -0.2) is 0 Å². The van der Waals surface area contributed by atoms with Gasteiger partial charge in [-0.3, -0.25) is 9.59 Å². The van der Waals surface area contributed by atoms with Crippen molar-refractivity contribution in [1.29, 1.82) is 0 Å². The summed E-state index contributed by atoms with van der Waals surface area (Å²) in [6.07, 6.45) is 2.81. The van der Waals surface area contributed by atoms with Crippen LogP contribution >= 0.6 is 0 Å². The van der Waals surface area contributed by atoms with Gasteiger partial charge in [0.05, 0.1) is 6.54 Å². The molecule has 0 atom stereocenters. The van der Waals surface area contributed by atoms with Gasteiger partial charge in [-0.2, -0.15) is 0 Å². The fourth-order valence-electron chi connectivity index (χ4n) is 1.43. The molecule has 16 heavy (non-hydrogen) atoms. The van der Waals surface area contributed by atoms with Gasteiger partial charge in [0.2, 0.25) is 5.91 Å². The molecule has 1 aliphatic carbocycles.